The summed E-state index contributed by atoms with van der Waals surface area (Å²) in [7, 11) is -2.28. The van der Waals surface area contributed by atoms with Gasteiger partial charge in [0.05, 0.1) is 12.8 Å². The Morgan fingerprint density at radius 1 is 0.710 bits per heavy atom. The molecule has 0 heterocycles. The predicted octanol–water partition coefficient (Wildman–Crippen LogP) is 6.37. The Bertz CT molecular complexity index is 1040. The second-order valence-electron chi connectivity index (χ2n) is 9.90. The zero-order valence-corrected chi connectivity index (χ0v) is 19.6. The normalized spacial score (nSPS) is 25.6. The van der Waals surface area contributed by atoms with Gasteiger partial charge in [0.15, 0.2) is 0 Å². The molecule has 2 bridgehead atoms. The molecule has 2 fully saturated rings. The van der Waals surface area contributed by atoms with Crippen molar-refractivity contribution in [1.29, 1.82) is 0 Å². The van der Waals surface area contributed by atoms with Crippen molar-refractivity contribution in [3.05, 3.63) is 91.0 Å². The lowest BCUT2D eigenvalue weighted by Gasteiger charge is -2.35. The van der Waals surface area contributed by atoms with Gasteiger partial charge in [-0.1, -0.05) is 112 Å². The Morgan fingerprint density at radius 2 is 1.16 bits per heavy atom. The summed E-state index contributed by atoms with van der Waals surface area (Å²) in [6.07, 6.45) is 3.81. The molecule has 3 aromatic rings. The molecule has 158 valence electrons. The third kappa shape index (κ3) is 3.24. The number of rotatable bonds is 4. The summed E-state index contributed by atoms with van der Waals surface area (Å²) in [5, 5.41) is 8.98. The van der Waals surface area contributed by atoms with Gasteiger partial charge in [-0.2, -0.15) is 9.96 Å². The third-order valence-electron chi connectivity index (χ3n) is 7.61. The molecule has 3 heteroatoms. The van der Waals surface area contributed by atoms with Gasteiger partial charge in [-0.05, 0) is 25.2 Å². The van der Waals surface area contributed by atoms with Gasteiger partial charge < -0.3 is 0 Å². The van der Waals surface area contributed by atoms with Gasteiger partial charge in [0, 0.05) is 26.7 Å². The van der Waals surface area contributed by atoms with Crippen LogP contribution in [-0.4, -0.2) is 5.71 Å². The molecule has 2 atom stereocenters. The molecule has 0 radical (unpaired) electrons. The fourth-order valence-corrected chi connectivity index (χ4v) is 9.18. The predicted molar refractivity (Wildman–Crippen MR) is 134 cm³/mol. The van der Waals surface area contributed by atoms with Gasteiger partial charge in [0.25, 0.3) is 0 Å². The van der Waals surface area contributed by atoms with Crippen LogP contribution in [-0.2, 0) is 0 Å². The number of benzene rings is 3. The van der Waals surface area contributed by atoms with Crippen molar-refractivity contribution < 1.29 is 0 Å². The molecular weight excluding hydrogens is 395 g/mol. The highest BCUT2D eigenvalue weighted by atomic mass is 31.2. The van der Waals surface area contributed by atoms with Crippen LogP contribution in [0.4, 0.5) is 0 Å². The van der Waals surface area contributed by atoms with Gasteiger partial charge in [-0.25, -0.2) is 0 Å². The number of hydrogen-bond donors (Lipinski definition) is 0. The van der Waals surface area contributed by atoms with E-state index in [4.69, 9.17) is 9.96 Å². The molecule has 2 nitrogen and oxygen atoms in total. The fourth-order valence-electron chi connectivity index (χ4n) is 5.94. The van der Waals surface area contributed by atoms with Crippen LogP contribution >= 0.6 is 7.05 Å². The highest BCUT2D eigenvalue weighted by Crippen LogP contribution is 2.61. The van der Waals surface area contributed by atoms with Crippen LogP contribution in [0.2, 0.25) is 0 Å². The first-order chi connectivity index (χ1) is 15.0. The summed E-state index contributed by atoms with van der Waals surface area (Å²) in [5.41, 5.74) is 1.62. The summed E-state index contributed by atoms with van der Waals surface area (Å²) in [6.45, 7) is 7.16. The molecule has 0 saturated heterocycles. The molecule has 0 aromatic heterocycles. The Morgan fingerprint density at radius 3 is 1.55 bits per heavy atom. The first kappa shape index (κ1) is 20.5. The summed E-state index contributed by atoms with van der Waals surface area (Å²) in [5.74, 6) is 0.726. The zero-order chi connectivity index (χ0) is 21.5. The van der Waals surface area contributed by atoms with Crippen molar-refractivity contribution in [2.24, 2.45) is 26.7 Å². The van der Waals surface area contributed by atoms with E-state index >= 15 is 0 Å². The average Bonchev–Trinajstić information content (AvgIpc) is 3.29. The molecule has 0 N–H and O–H groups in total. The minimum Gasteiger partial charge on any atom is -0.160 e. The maximum Gasteiger partial charge on any atom is 0.0837 e. The van der Waals surface area contributed by atoms with Gasteiger partial charge in [-0.3, -0.25) is 0 Å². The van der Waals surface area contributed by atoms with E-state index in [2.05, 4.69) is 112 Å². The van der Waals surface area contributed by atoms with Crippen molar-refractivity contribution in [3.8, 4) is 0 Å². The van der Waals surface area contributed by atoms with E-state index < -0.39 is 7.05 Å². The van der Waals surface area contributed by atoms with Crippen molar-refractivity contribution in [1.82, 2.24) is 0 Å². The minimum atomic E-state index is -2.28. The smallest absolute Gasteiger partial charge is 0.0837 e. The monoisotopic (exact) mass is 426 g/mol. The molecule has 0 amide bonds. The maximum atomic E-state index is 5.41. The van der Waals surface area contributed by atoms with Crippen LogP contribution in [0.1, 0.15) is 40.0 Å². The van der Waals surface area contributed by atoms with E-state index in [9.17, 15) is 0 Å². The topological polar surface area (TPSA) is 24.7 Å². The average molecular weight is 427 g/mol. The molecule has 2 aliphatic carbocycles. The Kier molecular flexibility index (Phi) is 5.02. The van der Waals surface area contributed by atoms with Crippen LogP contribution in [0, 0.1) is 16.7 Å². The SMILES string of the molecule is CC12CCC(C1)C(C)(C)/C2=N\N=P(c1ccccc1)(c1ccccc1)c1ccccc1. The van der Waals surface area contributed by atoms with Crippen LogP contribution in [0.15, 0.2) is 101 Å². The van der Waals surface area contributed by atoms with Crippen molar-refractivity contribution in [3.63, 3.8) is 0 Å². The summed E-state index contributed by atoms with van der Waals surface area (Å²) in [6, 6.07) is 32.4. The summed E-state index contributed by atoms with van der Waals surface area (Å²) in [4.78, 5) is 5.41. The van der Waals surface area contributed by atoms with Gasteiger partial charge in [-0.15, -0.1) is 0 Å². The van der Waals surface area contributed by atoms with Crippen LogP contribution in [0.5, 0.6) is 0 Å². The van der Waals surface area contributed by atoms with E-state index in [0.29, 0.717) is 0 Å². The molecule has 2 saturated carbocycles. The van der Waals surface area contributed by atoms with Crippen LogP contribution in [0.3, 0.4) is 0 Å². The van der Waals surface area contributed by atoms with E-state index in [0.717, 1.165) is 5.92 Å². The fraction of sp³-hybridized carbons (Fsp3) is 0.321. The lowest BCUT2D eigenvalue weighted by molar-refractivity contribution is 0.332. The molecule has 0 aliphatic heterocycles. The summed E-state index contributed by atoms with van der Waals surface area (Å²) >= 11 is 0. The van der Waals surface area contributed by atoms with Gasteiger partial charge in [0.2, 0.25) is 0 Å². The van der Waals surface area contributed by atoms with Gasteiger partial charge >= 0.3 is 0 Å². The number of hydrogen-bond acceptors (Lipinski definition) is 1. The minimum absolute atomic E-state index is 0.121. The molecule has 2 aliphatic rings. The first-order valence-electron chi connectivity index (χ1n) is 11.3. The molecule has 3 aromatic carbocycles. The van der Waals surface area contributed by atoms with Gasteiger partial charge in [0.1, 0.15) is 0 Å². The first-order valence-corrected chi connectivity index (χ1v) is 13.1. The van der Waals surface area contributed by atoms with E-state index in [-0.39, 0.29) is 10.8 Å². The van der Waals surface area contributed by atoms with Crippen LogP contribution < -0.4 is 15.9 Å². The highest BCUT2D eigenvalue weighted by molar-refractivity contribution is 7.87. The van der Waals surface area contributed by atoms with Crippen molar-refractivity contribution in [2.45, 2.75) is 40.0 Å². The van der Waals surface area contributed by atoms with E-state index in [1.807, 2.05) is 0 Å². The number of nitrogens with zero attached hydrogens (tertiary/aromatic N) is 2. The van der Waals surface area contributed by atoms with E-state index in [1.54, 1.807) is 0 Å². The third-order valence-corrected chi connectivity index (χ3v) is 11.1. The highest BCUT2D eigenvalue weighted by Gasteiger charge is 2.57. The second-order valence-corrected chi connectivity index (χ2v) is 12.9. The molecule has 31 heavy (non-hydrogen) atoms. The number of fused-ring (bicyclic) bond motifs is 2. The summed E-state index contributed by atoms with van der Waals surface area (Å²) < 4.78 is 0. The lowest BCUT2D eigenvalue weighted by Crippen LogP contribution is -2.35. The maximum absolute atomic E-state index is 5.41. The van der Waals surface area contributed by atoms with E-state index in [1.165, 1.54) is 40.9 Å². The quantitative estimate of drug-likeness (QED) is 0.342. The molecule has 5 rings (SSSR count). The van der Waals surface area contributed by atoms with Crippen molar-refractivity contribution >= 4 is 28.7 Å². The van der Waals surface area contributed by atoms with Crippen molar-refractivity contribution in [2.75, 3.05) is 0 Å². The van der Waals surface area contributed by atoms with Crippen LogP contribution in [0.25, 0.3) is 0 Å². The Labute approximate surface area is 186 Å². The standard InChI is InChI=1S/C28H31N2P/c1-27(2)22-19-20-28(3,21-22)26(27)29-30-31(23-13-7-4-8-14-23,24-15-9-5-10-16-24)25-17-11-6-12-18-25/h4-18,22H,19-21H2,1-3H3/b29-26+. The molecular formula is C28H31N2P. The Balaban J connectivity index is 1.83. The lowest BCUT2D eigenvalue weighted by atomic mass is 9.71. The molecule has 0 spiro atoms. The largest absolute Gasteiger partial charge is 0.160 e. The molecule has 2 unspecified atom stereocenters. The zero-order valence-electron chi connectivity index (χ0n) is 18.7. The second kappa shape index (κ2) is 7.61. The Hall–Kier alpha value is -2.44.